The molecule has 1 aromatic carbocycles. The molecular formula is C12H13ClN2O. The highest BCUT2D eigenvalue weighted by atomic mass is 35.5. The Morgan fingerprint density at radius 3 is 2.69 bits per heavy atom. The maximum absolute atomic E-state index is 11.9. The molecule has 0 saturated carbocycles. The van der Waals surface area contributed by atoms with E-state index in [4.69, 9.17) is 16.9 Å². The Balaban J connectivity index is 2.98. The van der Waals surface area contributed by atoms with Gasteiger partial charge in [-0.2, -0.15) is 5.26 Å². The maximum atomic E-state index is 11.9. The van der Waals surface area contributed by atoms with E-state index in [-0.39, 0.29) is 5.91 Å². The van der Waals surface area contributed by atoms with E-state index in [1.807, 2.05) is 13.0 Å². The molecule has 0 bridgehead atoms. The minimum Gasteiger partial charge on any atom is -0.334 e. The first-order chi connectivity index (χ1) is 7.35. The average Bonchev–Trinajstić information content (AvgIpc) is 2.21. The van der Waals surface area contributed by atoms with E-state index < -0.39 is 5.54 Å². The molecule has 0 radical (unpaired) electrons. The topological polar surface area (TPSA) is 52.9 Å². The van der Waals surface area contributed by atoms with Crippen molar-refractivity contribution in [2.24, 2.45) is 0 Å². The number of rotatable bonds is 2. The Bertz CT molecular complexity index is 461. The lowest BCUT2D eigenvalue weighted by atomic mass is 10.0. The van der Waals surface area contributed by atoms with E-state index in [1.54, 1.807) is 32.0 Å². The van der Waals surface area contributed by atoms with Crippen molar-refractivity contribution < 1.29 is 4.79 Å². The van der Waals surface area contributed by atoms with Crippen LogP contribution in [0.25, 0.3) is 0 Å². The van der Waals surface area contributed by atoms with Crippen molar-refractivity contribution in [2.75, 3.05) is 0 Å². The van der Waals surface area contributed by atoms with Crippen molar-refractivity contribution in [1.82, 2.24) is 5.32 Å². The fourth-order valence-electron chi connectivity index (χ4n) is 1.22. The number of benzene rings is 1. The van der Waals surface area contributed by atoms with Gasteiger partial charge in [-0.15, -0.1) is 0 Å². The molecule has 84 valence electrons. The van der Waals surface area contributed by atoms with Gasteiger partial charge >= 0.3 is 0 Å². The van der Waals surface area contributed by atoms with E-state index in [2.05, 4.69) is 5.32 Å². The molecule has 1 amide bonds. The van der Waals surface area contributed by atoms with Crippen molar-refractivity contribution in [1.29, 1.82) is 5.26 Å². The number of nitriles is 1. The van der Waals surface area contributed by atoms with Crippen molar-refractivity contribution in [3.63, 3.8) is 0 Å². The number of halogens is 1. The summed E-state index contributed by atoms with van der Waals surface area (Å²) < 4.78 is 0. The van der Waals surface area contributed by atoms with Gasteiger partial charge in [-0.3, -0.25) is 4.79 Å². The molecule has 0 aliphatic heterocycles. The summed E-state index contributed by atoms with van der Waals surface area (Å²) in [6.45, 7) is 5.11. The molecule has 0 atom stereocenters. The first kappa shape index (κ1) is 12.5. The molecular weight excluding hydrogens is 224 g/mol. The molecule has 3 nitrogen and oxygen atoms in total. The van der Waals surface area contributed by atoms with Gasteiger partial charge in [0.05, 0.1) is 6.07 Å². The van der Waals surface area contributed by atoms with Gasteiger partial charge in [0, 0.05) is 10.6 Å². The monoisotopic (exact) mass is 236 g/mol. The van der Waals surface area contributed by atoms with Crippen molar-refractivity contribution in [2.45, 2.75) is 26.3 Å². The highest BCUT2D eigenvalue weighted by Crippen LogP contribution is 2.16. The summed E-state index contributed by atoms with van der Waals surface area (Å²) in [7, 11) is 0. The zero-order valence-corrected chi connectivity index (χ0v) is 10.2. The normalized spacial score (nSPS) is 10.7. The third kappa shape index (κ3) is 2.98. The van der Waals surface area contributed by atoms with E-state index in [0.29, 0.717) is 10.6 Å². The second kappa shape index (κ2) is 4.54. The van der Waals surface area contributed by atoms with Gasteiger partial charge in [-0.05, 0) is 38.5 Å². The summed E-state index contributed by atoms with van der Waals surface area (Å²) in [6.07, 6.45) is 0. The highest BCUT2D eigenvalue weighted by Gasteiger charge is 2.21. The summed E-state index contributed by atoms with van der Waals surface area (Å²) in [5.74, 6) is -0.286. The van der Waals surface area contributed by atoms with Gasteiger partial charge in [0.25, 0.3) is 5.91 Å². The zero-order chi connectivity index (χ0) is 12.3. The molecule has 1 aromatic rings. The number of amides is 1. The van der Waals surface area contributed by atoms with E-state index in [9.17, 15) is 4.79 Å². The molecule has 16 heavy (non-hydrogen) atoms. The minimum atomic E-state index is -0.883. The molecule has 1 rings (SSSR count). The van der Waals surface area contributed by atoms with E-state index in [0.717, 1.165) is 5.56 Å². The molecule has 0 aliphatic carbocycles. The molecule has 4 heteroatoms. The second-order valence-electron chi connectivity index (χ2n) is 4.15. The number of carbonyl (C=O) groups is 1. The lowest BCUT2D eigenvalue weighted by Gasteiger charge is -2.18. The minimum absolute atomic E-state index is 0.286. The number of hydrogen-bond donors (Lipinski definition) is 1. The predicted molar refractivity (Wildman–Crippen MR) is 63.3 cm³/mol. The summed E-state index contributed by atoms with van der Waals surface area (Å²) in [6, 6.07) is 7.11. The summed E-state index contributed by atoms with van der Waals surface area (Å²) in [5, 5.41) is 12.0. The molecule has 0 saturated heterocycles. The Labute approximate surface area is 100 Å². The molecule has 0 spiro atoms. The first-order valence-corrected chi connectivity index (χ1v) is 5.23. The predicted octanol–water partition coefficient (Wildman–Crippen LogP) is 2.68. The lowest BCUT2D eigenvalue weighted by molar-refractivity contribution is 0.0928. The van der Waals surface area contributed by atoms with Crippen LogP contribution in [-0.4, -0.2) is 11.4 Å². The van der Waals surface area contributed by atoms with Crippen LogP contribution < -0.4 is 5.32 Å². The standard InChI is InChI=1S/C12H13ClN2O/c1-8-4-5-9(13)6-10(8)11(16)15-12(2,3)7-14/h4-6H,1-3H3,(H,15,16). The van der Waals surface area contributed by atoms with E-state index >= 15 is 0 Å². The summed E-state index contributed by atoms with van der Waals surface area (Å²) in [5.41, 5.74) is 0.442. The SMILES string of the molecule is Cc1ccc(Cl)cc1C(=O)NC(C)(C)C#N. The van der Waals surface area contributed by atoms with Gasteiger partial charge in [-0.1, -0.05) is 17.7 Å². The second-order valence-corrected chi connectivity index (χ2v) is 4.59. The molecule has 0 heterocycles. The van der Waals surface area contributed by atoms with Gasteiger partial charge in [0.1, 0.15) is 5.54 Å². The Kier molecular flexibility index (Phi) is 3.56. The molecule has 0 aliphatic rings. The molecule has 0 unspecified atom stereocenters. The molecule has 0 fully saturated rings. The zero-order valence-electron chi connectivity index (χ0n) is 9.47. The van der Waals surface area contributed by atoms with E-state index in [1.165, 1.54) is 0 Å². The maximum Gasteiger partial charge on any atom is 0.252 e. The van der Waals surface area contributed by atoms with Gasteiger partial charge < -0.3 is 5.32 Å². The lowest BCUT2D eigenvalue weighted by Crippen LogP contribution is -2.42. The number of nitrogens with one attached hydrogen (secondary N) is 1. The summed E-state index contributed by atoms with van der Waals surface area (Å²) in [4.78, 5) is 11.9. The van der Waals surface area contributed by atoms with Gasteiger partial charge in [-0.25, -0.2) is 0 Å². The molecule has 0 aromatic heterocycles. The van der Waals surface area contributed by atoms with Crippen LogP contribution in [0.4, 0.5) is 0 Å². The number of hydrogen-bond acceptors (Lipinski definition) is 2. The van der Waals surface area contributed by atoms with Gasteiger partial charge in [0.2, 0.25) is 0 Å². The third-order valence-corrected chi connectivity index (χ3v) is 2.38. The number of nitrogens with zero attached hydrogens (tertiary/aromatic N) is 1. The van der Waals surface area contributed by atoms with Crippen molar-refractivity contribution >= 4 is 17.5 Å². The quantitative estimate of drug-likeness (QED) is 0.858. The van der Waals surface area contributed by atoms with Crippen LogP contribution in [0.5, 0.6) is 0 Å². The van der Waals surface area contributed by atoms with Crippen LogP contribution in [0, 0.1) is 18.3 Å². The largest absolute Gasteiger partial charge is 0.334 e. The highest BCUT2D eigenvalue weighted by molar-refractivity contribution is 6.31. The van der Waals surface area contributed by atoms with Crippen LogP contribution >= 0.6 is 11.6 Å². The average molecular weight is 237 g/mol. The van der Waals surface area contributed by atoms with Crippen molar-refractivity contribution in [3.8, 4) is 6.07 Å². The fraction of sp³-hybridized carbons (Fsp3) is 0.333. The van der Waals surface area contributed by atoms with Crippen LogP contribution in [0.1, 0.15) is 29.8 Å². The fourth-order valence-corrected chi connectivity index (χ4v) is 1.39. The van der Waals surface area contributed by atoms with Crippen molar-refractivity contribution in [3.05, 3.63) is 34.3 Å². The Morgan fingerprint density at radius 2 is 2.12 bits per heavy atom. The third-order valence-electron chi connectivity index (χ3n) is 2.15. The van der Waals surface area contributed by atoms with Crippen LogP contribution in [0.2, 0.25) is 5.02 Å². The van der Waals surface area contributed by atoms with Crippen LogP contribution in [0.3, 0.4) is 0 Å². The Morgan fingerprint density at radius 1 is 1.50 bits per heavy atom. The smallest absolute Gasteiger partial charge is 0.252 e. The number of carbonyl (C=O) groups excluding carboxylic acids is 1. The first-order valence-electron chi connectivity index (χ1n) is 4.85. The van der Waals surface area contributed by atoms with Crippen LogP contribution in [0.15, 0.2) is 18.2 Å². The summed E-state index contributed by atoms with van der Waals surface area (Å²) >= 11 is 5.82. The number of aryl methyl sites for hydroxylation is 1. The van der Waals surface area contributed by atoms with Gasteiger partial charge in [0.15, 0.2) is 0 Å². The van der Waals surface area contributed by atoms with Crippen LogP contribution in [-0.2, 0) is 0 Å². The molecule has 1 N–H and O–H groups in total. The Hall–Kier alpha value is -1.53.